The van der Waals surface area contributed by atoms with Crippen LogP contribution in [0.15, 0.2) is 18.5 Å². The number of rotatable bonds is 3. The number of aromatic nitrogens is 1. The molecule has 1 aromatic rings. The van der Waals surface area contributed by atoms with Gasteiger partial charge in [0.1, 0.15) is 0 Å². The van der Waals surface area contributed by atoms with Crippen LogP contribution in [0.4, 0.5) is 0 Å². The van der Waals surface area contributed by atoms with Crippen molar-refractivity contribution in [3.8, 4) is 0 Å². The number of nitrogens with one attached hydrogen (secondary N) is 1. The molecule has 112 valence electrons. The Hall–Kier alpha value is -1.38. The molecule has 0 bridgehead atoms. The number of H-pyrrole nitrogens is 1. The lowest BCUT2D eigenvalue weighted by atomic mass is 10.3. The lowest BCUT2D eigenvalue weighted by Crippen LogP contribution is -2.42. The molecule has 1 aliphatic rings. The molecule has 0 unspecified atom stereocenters. The van der Waals surface area contributed by atoms with Crippen molar-refractivity contribution in [2.75, 3.05) is 40.3 Å². The van der Waals surface area contributed by atoms with E-state index in [4.69, 9.17) is 0 Å². The predicted molar refractivity (Wildman–Crippen MR) is 75.5 cm³/mol. The fourth-order valence-corrected chi connectivity index (χ4v) is 3.33. The van der Waals surface area contributed by atoms with E-state index in [9.17, 15) is 13.2 Å². The summed E-state index contributed by atoms with van der Waals surface area (Å²) in [6.45, 7) is 1.76. The van der Waals surface area contributed by atoms with Crippen LogP contribution in [-0.2, 0) is 10.2 Å². The van der Waals surface area contributed by atoms with E-state index in [1.807, 2.05) is 0 Å². The van der Waals surface area contributed by atoms with Gasteiger partial charge in [-0.15, -0.1) is 0 Å². The molecule has 1 aromatic heterocycles. The highest BCUT2D eigenvalue weighted by atomic mass is 32.2. The monoisotopic (exact) mass is 300 g/mol. The average Bonchev–Trinajstić information content (AvgIpc) is 2.81. The molecule has 7 nitrogen and oxygen atoms in total. The van der Waals surface area contributed by atoms with Crippen LogP contribution in [0.5, 0.6) is 0 Å². The second-order valence-corrected chi connectivity index (χ2v) is 7.08. The predicted octanol–water partition coefficient (Wildman–Crippen LogP) is -0.0310. The maximum absolute atomic E-state index is 12.2. The van der Waals surface area contributed by atoms with Crippen LogP contribution < -0.4 is 0 Å². The number of carbonyl (C=O) groups is 1. The van der Waals surface area contributed by atoms with Crippen LogP contribution in [0.25, 0.3) is 0 Å². The molecule has 1 N–H and O–H groups in total. The van der Waals surface area contributed by atoms with E-state index < -0.39 is 10.2 Å². The molecule has 1 aliphatic heterocycles. The van der Waals surface area contributed by atoms with Gasteiger partial charge in [0.05, 0.1) is 5.56 Å². The summed E-state index contributed by atoms with van der Waals surface area (Å²) in [5.74, 6) is -0.0599. The largest absolute Gasteiger partial charge is 0.367 e. The third-order valence-electron chi connectivity index (χ3n) is 3.37. The first-order valence-electron chi connectivity index (χ1n) is 6.52. The van der Waals surface area contributed by atoms with Crippen molar-refractivity contribution in [1.82, 2.24) is 18.5 Å². The van der Waals surface area contributed by atoms with Gasteiger partial charge in [0.15, 0.2) is 0 Å². The number of hydrogen-bond donors (Lipinski definition) is 1. The number of hydrogen-bond acceptors (Lipinski definition) is 3. The summed E-state index contributed by atoms with van der Waals surface area (Å²) in [6, 6.07) is 1.72. The van der Waals surface area contributed by atoms with E-state index in [1.165, 1.54) is 22.7 Å². The topological polar surface area (TPSA) is 76.7 Å². The molecular weight excluding hydrogens is 280 g/mol. The van der Waals surface area contributed by atoms with E-state index in [0.717, 1.165) is 0 Å². The van der Waals surface area contributed by atoms with Crippen LogP contribution in [0, 0.1) is 0 Å². The molecular formula is C12H20N4O3S. The van der Waals surface area contributed by atoms with Crippen LogP contribution in [0.2, 0.25) is 0 Å². The van der Waals surface area contributed by atoms with E-state index in [1.54, 1.807) is 23.4 Å². The van der Waals surface area contributed by atoms with Crippen molar-refractivity contribution in [3.05, 3.63) is 24.0 Å². The Balaban J connectivity index is 2.05. The van der Waals surface area contributed by atoms with Crippen LogP contribution in [0.3, 0.4) is 0 Å². The SMILES string of the molecule is CN(C)S(=O)(=O)N1CCCN(C(=O)c2cc[nH]c2)CC1. The molecule has 2 rings (SSSR count). The molecule has 0 aliphatic carbocycles. The fourth-order valence-electron chi connectivity index (χ4n) is 2.20. The zero-order valence-electron chi connectivity index (χ0n) is 11.7. The first-order chi connectivity index (χ1) is 9.43. The molecule has 0 atom stereocenters. The third kappa shape index (κ3) is 3.02. The van der Waals surface area contributed by atoms with E-state index >= 15 is 0 Å². The Morgan fingerprint density at radius 2 is 2.00 bits per heavy atom. The Labute approximate surface area is 119 Å². The zero-order chi connectivity index (χ0) is 14.8. The fraction of sp³-hybridized carbons (Fsp3) is 0.583. The van der Waals surface area contributed by atoms with Gasteiger partial charge in [-0.3, -0.25) is 4.79 Å². The minimum atomic E-state index is -3.40. The summed E-state index contributed by atoms with van der Waals surface area (Å²) in [7, 11) is -0.370. The maximum Gasteiger partial charge on any atom is 0.281 e. The molecule has 8 heteroatoms. The van der Waals surface area contributed by atoms with Gasteiger partial charge in [-0.05, 0) is 12.5 Å². The van der Waals surface area contributed by atoms with Crippen molar-refractivity contribution in [2.45, 2.75) is 6.42 Å². The second-order valence-electron chi connectivity index (χ2n) is 4.93. The minimum absolute atomic E-state index is 0.0599. The quantitative estimate of drug-likeness (QED) is 0.851. The smallest absolute Gasteiger partial charge is 0.281 e. The van der Waals surface area contributed by atoms with Crippen molar-refractivity contribution < 1.29 is 13.2 Å². The highest BCUT2D eigenvalue weighted by Gasteiger charge is 2.28. The van der Waals surface area contributed by atoms with Crippen molar-refractivity contribution in [1.29, 1.82) is 0 Å². The lowest BCUT2D eigenvalue weighted by Gasteiger charge is -2.24. The number of nitrogens with zero attached hydrogens (tertiary/aromatic N) is 3. The van der Waals surface area contributed by atoms with Gasteiger partial charge in [0.25, 0.3) is 16.1 Å². The summed E-state index contributed by atoms with van der Waals surface area (Å²) in [5.41, 5.74) is 0.605. The Kier molecular flexibility index (Phi) is 4.46. The van der Waals surface area contributed by atoms with Crippen molar-refractivity contribution in [2.24, 2.45) is 0 Å². The summed E-state index contributed by atoms with van der Waals surface area (Å²) >= 11 is 0. The molecule has 2 heterocycles. The van der Waals surface area contributed by atoms with Crippen LogP contribution in [0.1, 0.15) is 16.8 Å². The van der Waals surface area contributed by atoms with Gasteiger partial charge < -0.3 is 9.88 Å². The molecule has 1 fully saturated rings. The second kappa shape index (κ2) is 5.94. The van der Waals surface area contributed by atoms with Gasteiger partial charge in [-0.2, -0.15) is 17.0 Å². The van der Waals surface area contributed by atoms with E-state index in [0.29, 0.717) is 38.2 Å². The summed E-state index contributed by atoms with van der Waals surface area (Å²) < 4.78 is 26.8. The molecule has 0 spiro atoms. The lowest BCUT2D eigenvalue weighted by molar-refractivity contribution is 0.0764. The molecule has 0 radical (unpaired) electrons. The van der Waals surface area contributed by atoms with Crippen molar-refractivity contribution in [3.63, 3.8) is 0 Å². The van der Waals surface area contributed by atoms with E-state index in [2.05, 4.69) is 4.98 Å². The van der Waals surface area contributed by atoms with Gasteiger partial charge in [0.2, 0.25) is 0 Å². The van der Waals surface area contributed by atoms with Crippen LogP contribution >= 0.6 is 0 Å². The molecule has 1 saturated heterocycles. The summed E-state index contributed by atoms with van der Waals surface area (Å²) in [4.78, 5) is 16.8. The third-order valence-corrected chi connectivity index (χ3v) is 5.32. The molecule has 0 aromatic carbocycles. The Morgan fingerprint density at radius 3 is 2.60 bits per heavy atom. The first-order valence-corrected chi connectivity index (χ1v) is 7.92. The van der Waals surface area contributed by atoms with Gasteiger partial charge in [-0.25, -0.2) is 0 Å². The first kappa shape index (κ1) is 15.0. The standard InChI is InChI=1S/C12H20N4O3S/c1-14(2)20(18,19)16-7-3-6-15(8-9-16)12(17)11-4-5-13-10-11/h4-5,10,13H,3,6-9H2,1-2H3. The van der Waals surface area contributed by atoms with Crippen LogP contribution in [-0.4, -0.2) is 73.1 Å². The van der Waals surface area contributed by atoms with Gasteiger partial charge >= 0.3 is 0 Å². The number of amides is 1. The maximum atomic E-state index is 12.2. The summed E-state index contributed by atoms with van der Waals surface area (Å²) in [5, 5.41) is 0. The molecule has 20 heavy (non-hydrogen) atoms. The normalized spacial score (nSPS) is 18.2. The molecule has 0 saturated carbocycles. The Bertz CT molecular complexity index is 553. The average molecular weight is 300 g/mol. The number of aromatic amines is 1. The van der Waals surface area contributed by atoms with Gasteiger partial charge in [-0.1, -0.05) is 0 Å². The van der Waals surface area contributed by atoms with E-state index in [-0.39, 0.29) is 5.91 Å². The Morgan fingerprint density at radius 1 is 1.25 bits per heavy atom. The van der Waals surface area contributed by atoms with Gasteiger partial charge in [0, 0.05) is 52.7 Å². The summed E-state index contributed by atoms with van der Waals surface area (Å²) in [6.07, 6.45) is 4.00. The highest BCUT2D eigenvalue weighted by molar-refractivity contribution is 7.86. The van der Waals surface area contributed by atoms with Crippen molar-refractivity contribution >= 4 is 16.1 Å². The zero-order valence-corrected chi connectivity index (χ0v) is 12.6. The highest BCUT2D eigenvalue weighted by Crippen LogP contribution is 2.12. The minimum Gasteiger partial charge on any atom is -0.367 e. The molecule has 1 amide bonds. The number of carbonyl (C=O) groups excluding carboxylic acids is 1.